The van der Waals surface area contributed by atoms with Crippen LogP contribution in [0.25, 0.3) is 10.2 Å². The zero-order valence-corrected chi connectivity index (χ0v) is 15.1. The van der Waals surface area contributed by atoms with Crippen LogP contribution in [0.3, 0.4) is 0 Å². The first-order valence-corrected chi connectivity index (χ1v) is 8.85. The molecule has 3 rings (SSSR count). The van der Waals surface area contributed by atoms with E-state index in [0.717, 1.165) is 10.2 Å². The third-order valence-electron chi connectivity index (χ3n) is 3.88. The number of aromatic nitrogens is 1. The van der Waals surface area contributed by atoms with Crippen molar-refractivity contribution in [3.8, 4) is 0 Å². The zero-order chi connectivity index (χ0) is 18.7. The van der Waals surface area contributed by atoms with Gasteiger partial charge in [-0.3, -0.25) is 4.79 Å². The van der Waals surface area contributed by atoms with E-state index in [0.29, 0.717) is 11.1 Å². The van der Waals surface area contributed by atoms with Crippen molar-refractivity contribution in [3.63, 3.8) is 0 Å². The summed E-state index contributed by atoms with van der Waals surface area (Å²) < 4.78 is 19.4. The lowest BCUT2D eigenvalue weighted by atomic mass is 10.2. The molecule has 1 heterocycles. The van der Waals surface area contributed by atoms with Crippen LogP contribution < -0.4 is 0 Å². The maximum Gasteiger partial charge on any atom is 0.338 e. The Labute approximate surface area is 154 Å². The van der Waals surface area contributed by atoms with Crippen molar-refractivity contribution in [2.45, 2.75) is 19.6 Å². The Morgan fingerprint density at radius 2 is 2.08 bits per heavy atom. The van der Waals surface area contributed by atoms with Gasteiger partial charge in [-0.1, -0.05) is 12.1 Å². The molecule has 0 fully saturated rings. The molecule has 7 heteroatoms. The second kappa shape index (κ2) is 7.61. The SMILES string of the molecule is C[C@@H](OC(=O)c1ccc2ncsc2c1)C(=O)N(C)Cc1cccc(F)c1. The molecule has 1 aromatic heterocycles. The van der Waals surface area contributed by atoms with Crippen LogP contribution in [-0.2, 0) is 16.1 Å². The lowest BCUT2D eigenvalue weighted by Crippen LogP contribution is -2.37. The monoisotopic (exact) mass is 372 g/mol. The van der Waals surface area contributed by atoms with Gasteiger partial charge in [-0.05, 0) is 42.8 Å². The molecule has 0 aliphatic carbocycles. The summed E-state index contributed by atoms with van der Waals surface area (Å²) >= 11 is 1.43. The van der Waals surface area contributed by atoms with Crippen LogP contribution >= 0.6 is 11.3 Å². The van der Waals surface area contributed by atoms with Gasteiger partial charge in [0.2, 0.25) is 0 Å². The number of nitrogens with zero attached hydrogens (tertiary/aromatic N) is 2. The number of rotatable bonds is 5. The van der Waals surface area contributed by atoms with Crippen molar-refractivity contribution < 1.29 is 18.7 Å². The van der Waals surface area contributed by atoms with Gasteiger partial charge in [0.25, 0.3) is 5.91 Å². The van der Waals surface area contributed by atoms with Crippen LogP contribution in [0.2, 0.25) is 0 Å². The van der Waals surface area contributed by atoms with E-state index < -0.39 is 12.1 Å². The van der Waals surface area contributed by atoms with Crippen LogP contribution in [0.4, 0.5) is 4.39 Å². The maximum absolute atomic E-state index is 13.2. The molecule has 0 N–H and O–H groups in total. The van der Waals surface area contributed by atoms with E-state index in [2.05, 4.69) is 4.98 Å². The summed E-state index contributed by atoms with van der Waals surface area (Å²) in [6.07, 6.45) is -0.946. The quantitative estimate of drug-likeness (QED) is 0.642. The van der Waals surface area contributed by atoms with Crippen molar-refractivity contribution in [2.75, 3.05) is 7.05 Å². The summed E-state index contributed by atoms with van der Waals surface area (Å²) in [5.41, 5.74) is 3.54. The number of carbonyl (C=O) groups is 2. The Morgan fingerprint density at radius 1 is 1.27 bits per heavy atom. The third kappa shape index (κ3) is 4.05. The Morgan fingerprint density at radius 3 is 2.85 bits per heavy atom. The normalized spacial score (nSPS) is 12.0. The summed E-state index contributed by atoms with van der Waals surface area (Å²) in [5, 5.41) is 0. The van der Waals surface area contributed by atoms with Gasteiger partial charge >= 0.3 is 5.97 Å². The zero-order valence-electron chi connectivity index (χ0n) is 14.3. The summed E-state index contributed by atoms with van der Waals surface area (Å²) in [6.45, 7) is 1.75. The molecule has 0 bridgehead atoms. The minimum absolute atomic E-state index is 0.227. The molecule has 26 heavy (non-hydrogen) atoms. The fraction of sp³-hybridized carbons (Fsp3) is 0.211. The average molecular weight is 372 g/mol. The molecular weight excluding hydrogens is 355 g/mol. The number of fused-ring (bicyclic) bond motifs is 1. The van der Waals surface area contributed by atoms with E-state index in [9.17, 15) is 14.0 Å². The largest absolute Gasteiger partial charge is 0.449 e. The highest BCUT2D eigenvalue weighted by Gasteiger charge is 2.22. The van der Waals surface area contributed by atoms with Gasteiger partial charge in [-0.15, -0.1) is 11.3 Å². The lowest BCUT2D eigenvalue weighted by molar-refractivity contribution is -0.139. The highest BCUT2D eigenvalue weighted by Crippen LogP contribution is 2.20. The van der Waals surface area contributed by atoms with E-state index in [1.54, 1.807) is 42.9 Å². The molecular formula is C19H17FN2O3S. The molecule has 134 valence electrons. The van der Waals surface area contributed by atoms with E-state index in [-0.39, 0.29) is 18.3 Å². The van der Waals surface area contributed by atoms with Crippen LogP contribution in [0.15, 0.2) is 48.0 Å². The van der Waals surface area contributed by atoms with Gasteiger partial charge in [0.05, 0.1) is 21.3 Å². The molecule has 1 amide bonds. The van der Waals surface area contributed by atoms with Crippen LogP contribution in [0.1, 0.15) is 22.8 Å². The molecule has 3 aromatic rings. The minimum Gasteiger partial charge on any atom is -0.449 e. The van der Waals surface area contributed by atoms with Gasteiger partial charge in [0.15, 0.2) is 6.10 Å². The number of amides is 1. The van der Waals surface area contributed by atoms with Gasteiger partial charge < -0.3 is 9.64 Å². The number of benzene rings is 2. The molecule has 0 spiro atoms. The van der Waals surface area contributed by atoms with E-state index in [1.807, 2.05) is 0 Å². The fourth-order valence-corrected chi connectivity index (χ4v) is 3.27. The van der Waals surface area contributed by atoms with Crippen LogP contribution in [-0.4, -0.2) is 34.9 Å². The van der Waals surface area contributed by atoms with Gasteiger partial charge in [0.1, 0.15) is 5.82 Å². The smallest absolute Gasteiger partial charge is 0.338 e. The number of carbonyl (C=O) groups excluding carboxylic acids is 2. The number of hydrogen-bond acceptors (Lipinski definition) is 5. The number of hydrogen-bond donors (Lipinski definition) is 0. The highest BCUT2D eigenvalue weighted by molar-refractivity contribution is 7.16. The van der Waals surface area contributed by atoms with E-state index in [4.69, 9.17) is 4.74 Å². The number of ether oxygens (including phenoxy) is 1. The predicted molar refractivity (Wildman–Crippen MR) is 97.4 cm³/mol. The Hall–Kier alpha value is -2.80. The molecule has 0 unspecified atom stereocenters. The van der Waals surface area contributed by atoms with Gasteiger partial charge in [0, 0.05) is 13.6 Å². The standard InChI is InChI=1S/C19H17FN2O3S/c1-12(18(23)22(2)10-13-4-3-5-15(20)8-13)25-19(24)14-6-7-16-17(9-14)26-11-21-16/h3-9,11-12H,10H2,1-2H3/t12-/m1/s1. The minimum atomic E-state index is -0.946. The summed E-state index contributed by atoms with van der Waals surface area (Å²) in [4.78, 5) is 30.3. The summed E-state index contributed by atoms with van der Waals surface area (Å²) in [6, 6.07) is 11.1. The van der Waals surface area contributed by atoms with Crippen molar-refractivity contribution in [1.82, 2.24) is 9.88 Å². The van der Waals surface area contributed by atoms with Gasteiger partial charge in [-0.2, -0.15) is 0 Å². The molecule has 0 aliphatic rings. The number of halogens is 1. The topological polar surface area (TPSA) is 59.5 Å². The number of esters is 1. The van der Waals surface area contributed by atoms with E-state index in [1.165, 1.54) is 35.3 Å². The average Bonchev–Trinajstić information content (AvgIpc) is 3.08. The van der Waals surface area contributed by atoms with E-state index >= 15 is 0 Å². The predicted octanol–water partition coefficient (Wildman–Crippen LogP) is 3.64. The molecule has 0 saturated heterocycles. The Balaban J connectivity index is 1.63. The highest BCUT2D eigenvalue weighted by atomic mass is 32.1. The van der Waals surface area contributed by atoms with Crippen LogP contribution in [0.5, 0.6) is 0 Å². The third-order valence-corrected chi connectivity index (χ3v) is 4.68. The first-order valence-electron chi connectivity index (χ1n) is 7.97. The molecule has 0 saturated carbocycles. The molecule has 0 aliphatic heterocycles. The lowest BCUT2D eigenvalue weighted by Gasteiger charge is -2.21. The van der Waals surface area contributed by atoms with Gasteiger partial charge in [-0.25, -0.2) is 14.2 Å². The van der Waals surface area contributed by atoms with Crippen molar-refractivity contribution in [2.24, 2.45) is 0 Å². The Kier molecular flexibility index (Phi) is 5.27. The second-order valence-corrected chi connectivity index (χ2v) is 6.79. The number of likely N-dealkylation sites (N-methyl/N-ethyl adjacent to an activating group) is 1. The number of thiazole rings is 1. The second-order valence-electron chi connectivity index (χ2n) is 5.91. The Bertz CT molecular complexity index is 957. The first-order chi connectivity index (χ1) is 12.4. The van der Waals surface area contributed by atoms with Crippen molar-refractivity contribution in [1.29, 1.82) is 0 Å². The van der Waals surface area contributed by atoms with Crippen molar-refractivity contribution >= 4 is 33.4 Å². The molecule has 0 radical (unpaired) electrons. The molecule has 2 aromatic carbocycles. The summed E-state index contributed by atoms with van der Waals surface area (Å²) in [5.74, 6) is -1.29. The summed E-state index contributed by atoms with van der Waals surface area (Å²) in [7, 11) is 1.58. The van der Waals surface area contributed by atoms with Crippen LogP contribution in [0, 0.1) is 5.82 Å². The molecule has 5 nitrogen and oxygen atoms in total. The molecule has 1 atom stereocenters. The van der Waals surface area contributed by atoms with Crippen molar-refractivity contribution in [3.05, 3.63) is 64.9 Å². The first kappa shape index (κ1) is 18.0. The maximum atomic E-state index is 13.2. The fourth-order valence-electron chi connectivity index (χ4n) is 2.56.